The van der Waals surface area contributed by atoms with Crippen molar-refractivity contribution in [3.05, 3.63) is 35.9 Å². The minimum Gasteiger partial charge on any atom is -0.481 e. The largest absolute Gasteiger partial charge is 0.481 e. The molecule has 0 bridgehead atoms. The van der Waals surface area contributed by atoms with Crippen molar-refractivity contribution in [3.63, 3.8) is 0 Å². The van der Waals surface area contributed by atoms with Crippen LogP contribution in [0.15, 0.2) is 30.3 Å². The van der Waals surface area contributed by atoms with Gasteiger partial charge in [-0.2, -0.15) is 0 Å². The Morgan fingerprint density at radius 2 is 1.41 bits per heavy atom. The minimum atomic E-state index is -0.691. The number of hydrogen-bond acceptors (Lipinski definition) is 3. The van der Waals surface area contributed by atoms with Gasteiger partial charge in [-0.3, -0.25) is 4.79 Å². The predicted octanol–water partition coefficient (Wildman–Crippen LogP) is 6.50. The SMILES string of the molecule is CCC(O)CCCCCCC(CCCCCCCC(=O)O)OCc1ccccc1. The molecule has 0 heterocycles. The molecule has 2 atom stereocenters. The predicted molar refractivity (Wildman–Crippen MR) is 119 cm³/mol. The summed E-state index contributed by atoms with van der Waals surface area (Å²) in [6.45, 7) is 2.71. The molecular formula is C25H42O4. The highest BCUT2D eigenvalue weighted by Gasteiger charge is 2.10. The molecule has 0 spiro atoms. The molecule has 4 heteroatoms. The van der Waals surface area contributed by atoms with Gasteiger partial charge in [0.05, 0.1) is 18.8 Å². The second kappa shape index (κ2) is 17.5. The lowest BCUT2D eigenvalue weighted by Gasteiger charge is -2.18. The maximum Gasteiger partial charge on any atom is 0.303 e. The van der Waals surface area contributed by atoms with Crippen molar-refractivity contribution < 1.29 is 19.7 Å². The Labute approximate surface area is 177 Å². The number of carbonyl (C=O) groups is 1. The lowest BCUT2D eigenvalue weighted by molar-refractivity contribution is -0.137. The van der Waals surface area contributed by atoms with E-state index in [4.69, 9.17) is 9.84 Å². The summed E-state index contributed by atoms with van der Waals surface area (Å²) in [5.41, 5.74) is 1.22. The monoisotopic (exact) mass is 406 g/mol. The quantitative estimate of drug-likeness (QED) is 0.257. The average molecular weight is 407 g/mol. The van der Waals surface area contributed by atoms with E-state index in [9.17, 15) is 9.90 Å². The summed E-state index contributed by atoms with van der Waals surface area (Å²) >= 11 is 0. The molecule has 29 heavy (non-hydrogen) atoms. The molecule has 0 saturated heterocycles. The molecule has 0 aromatic heterocycles. The van der Waals surface area contributed by atoms with Gasteiger partial charge in [0.2, 0.25) is 0 Å². The number of ether oxygens (including phenoxy) is 1. The van der Waals surface area contributed by atoms with E-state index in [1.807, 2.05) is 13.0 Å². The third kappa shape index (κ3) is 15.2. The lowest BCUT2D eigenvalue weighted by Crippen LogP contribution is -2.13. The Hall–Kier alpha value is -1.39. The molecule has 0 aliphatic carbocycles. The van der Waals surface area contributed by atoms with E-state index in [1.165, 1.54) is 24.8 Å². The van der Waals surface area contributed by atoms with Gasteiger partial charge in [0, 0.05) is 6.42 Å². The first-order valence-corrected chi connectivity index (χ1v) is 11.7. The number of carboxylic acids is 1. The van der Waals surface area contributed by atoms with E-state index in [1.54, 1.807) is 0 Å². The van der Waals surface area contributed by atoms with E-state index in [2.05, 4.69) is 24.3 Å². The summed E-state index contributed by atoms with van der Waals surface area (Å²) in [6, 6.07) is 10.4. The van der Waals surface area contributed by atoms with Crippen LogP contribution in [0.25, 0.3) is 0 Å². The molecule has 0 saturated carbocycles. The number of rotatable bonds is 19. The van der Waals surface area contributed by atoms with Crippen LogP contribution in [0.2, 0.25) is 0 Å². The van der Waals surface area contributed by atoms with E-state index in [-0.39, 0.29) is 12.5 Å². The highest BCUT2D eigenvalue weighted by molar-refractivity contribution is 5.66. The number of hydrogen-bond donors (Lipinski definition) is 2. The number of unbranched alkanes of at least 4 members (excludes halogenated alkanes) is 7. The van der Waals surface area contributed by atoms with Gasteiger partial charge in [-0.05, 0) is 37.7 Å². The molecule has 0 aliphatic rings. The first-order valence-electron chi connectivity index (χ1n) is 11.7. The fourth-order valence-corrected chi connectivity index (χ4v) is 3.59. The molecule has 2 unspecified atom stereocenters. The normalized spacial score (nSPS) is 13.3. The van der Waals surface area contributed by atoms with Gasteiger partial charge < -0.3 is 14.9 Å². The van der Waals surface area contributed by atoms with Gasteiger partial charge in [0.15, 0.2) is 0 Å². The fraction of sp³-hybridized carbons (Fsp3) is 0.720. The average Bonchev–Trinajstić information content (AvgIpc) is 2.73. The maximum absolute atomic E-state index is 10.6. The third-order valence-electron chi connectivity index (χ3n) is 5.53. The zero-order valence-corrected chi connectivity index (χ0v) is 18.4. The summed E-state index contributed by atoms with van der Waals surface area (Å²) in [5, 5.41) is 18.3. The maximum atomic E-state index is 10.6. The lowest BCUT2D eigenvalue weighted by atomic mass is 10.0. The molecule has 0 radical (unpaired) electrons. The smallest absolute Gasteiger partial charge is 0.303 e. The van der Waals surface area contributed by atoms with E-state index >= 15 is 0 Å². The van der Waals surface area contributed by atoms with Gasteiger partial charge >= 0.3 is 5.97 Å². The molecule has 2 N–H and O–H groups in total. The second-order valence-electron chi connectivity index (χ2n) is 8.17. The van der Waals surface area contributed by atoms with Crippen LogP contribution in [-0.2, 0) is 16.1 Å². The van der Waals surface area contributed by atoms with Gasteiger partial charge in [-0.1, -0.05) is 88.6 Å². The van der Waals surface area contributed by atoms with Crippen molar-refractivity contribution in [2.75, 3.05) is 0 Å². The molecule has 1 rings (SSSR count). The summed E-state index contributed by atoms with van der Waals surface area (Å²) < 4.78 is 6.23. The second-order valence-corrected chi connectivity index (χ2v) is 8.17. The van der Waals surface area contributed by atoms with Crippen molar-refractivity contribution in [1.82, 2.24) is 0 Å². The fourth-order valence-electron chi connectivity index (χ4n) is 3.59. The zero-order valence-electron chi connectivity index (χ0n) is 18.4. The Morgan fingerprint density at radius 3 is 2.00 bits per heavy atom. The van der Waals surface area contributed by atoms with Crippen LogP contribution in [-0.4, -0.2) is 28.4 Å². The van der Waals surface area contributed by atoms with Crippen LogP contribution < -0.4 is 0 Å². The van der Waals surface area contributed by atoms with E-state index < -0.39 is 5.97 Å². The summed E-state index contributed by atoms with van der Waals surface area (Å²) in [4.78, 5) is 10.6. The number of benzene rings is 1. The molecular weight excluding hydrogens is 364 g/mol. The standard InChI is InChI=1S/C25H42O4/c1-2-23(26)17-11-6-7-13-19-24(29-21-22-15-9-8-10-16-22)18-12-4-3-5-14-20-25(27)28/h8-10,15-16,23-24,26H,2-7,11-14,17-21H2,1H3,(H,27,28). The molecule has 0 aliphatic heterocycles. The summed E-state index contributed by atoms with van der Waals surface area (Å²) in [6.07, 6.45) is 14.3. The molecule has 166 valence electrons. The molecule has 0 amide bonds. The summed E-state index contributed by atoms with van der Waals surface area (Å²) in [5.74, 6) is -0.691. The number of carboxylic acid groups (broad SMARTS) is 1. The van der Waals surface area contributed by atoms with Crippen molar-refractivity contribution in [3.8, 4) is 0 Å². The first-order chi connectivity index (χ1) is 14.1. The van der Waals surface area contributed by atoms with Crippen molar-refractivity contribution in [2.24, 2.45) is 0 Å². The van der Waals surface area contributed by atoms with Gasteiger partial charge in [-0.25, -0.2) is 0 Å². The van der Waals surface area contributed by atoms with Crippen molar-refractivity contribution in [1.29, 1.82) is 0 Å². The molecule has 4 nitrogen and oxygen atoms in total. The Morgan fingerprint density at radius 1 is 0.862 bits per heavy atom. The molecule has 1 aromatic rings. The van der Waals surface area contributed by atoms with Crippen molar-refractivity contribution in [2.45, 2.75) is 116 Å². The number of aliphatic hydroxyl groups excluding tert-OH is 1. The number of aliphatic carboxylic acids is 1. The Kier molecular flexibility index (Phi) is 15.4. The van der Waals surface area contributed by atoms with E-state index in [0.29, 0.717) is 12.7 Å². The summed E-state index contributed by atoms with van der Waals surface area (Å²) in [7, 11) is 0. The highest BCUT2D eigenvalue weighted by Crippen LogP contribution is 2.18. The van der Waals surface area contributed by atoms with Crippen LogP contribution in [0.5, 0.6) is 0 Å². The van der Waals surface area contributed by atoms with E-state index in [0.717, 1.165) is 64.2 Å². The first kappa shape index (κ1) is 25.6. The van der Waals surface area contributed by atoms with Gasteiger partial charge in [0.25, 0.3) is 0 Å². The topological polar surface area (TPSA) is 66.8 Å². The molecule has 0 fully saturated rings. The van der Waals surface area contributed by atoms with Crippen molar-refractivity contribution >= 4 is 5.97 Å². The molecule has 1 aromatic carbocycles. The third-order valence-corrected chi connectivity index (χ3v) is 5.53. The Balaban J connectivity index is 2.22. The van der Waals surface area contributed by atoms with Crippen LogP contribution in [0.1, 0.15) is 102 Å². The zero-order chi connectivity index (χ0) is 21.2. The van der Waals surface area contributed by atoms with Crippen LogP contribution in [0.4, 0.5) is 0 Å². The van der Waals surface area contributed by atoms with Gasteiger partial charge in [-0.15, -0.1) is 0 Å². The van der Waals surface area contributed by atoms with Crippen LogP contribution >= 0.6 is 0 Å². The highest BCUT2D eigenvalue weighted by atomic mass is 16.5. The number of aliphatic hydroxyl groups is 1. The van der Waals surface area contributed by atoms with Gasteiger partial charge in [0.1, 0.15) is 0 Å². The minimum absolute atomic E-state index is 0.132. The van der Waals surface area contributed by atoms with Crippen LogP contribution in [0.3, 0.4) is 0 Å². The Bertz CT molecular complexity index is 503. The van der Waals surface area contributed by atoms with Crippen LogP contribution in [0, 0.1) is 0 Å².